The Bertz CT molecular complexity index is 668. The number of nitrogens with one attached hydrogen (secondary N) is 1. The predicted octanol–water partition coefficient (Wildman–Crippen LogP) is 0.841. The van der Waals surface area contributed by atoms with Gasteiger partial charge in [0, 0.05) is 18.9 Å². The maximum absolute atomic E-state index is 12.2. The largest absolute Gasteiger partial charge is 0.481 e. The molecule has 1 rings (SSSR count). The number of benzene rings is 1. The number of amides is 1. The van der Waals surface area contributed by atoms with Crippen molar-refractivity contribution in [3.05, 3.63) is 35.4 Å². The Morgan fingerprint density at radius 3 is 2.26 bits per heavy atom. The van der Waals surface area contributed by atoms with Crippen LogP contribution in [0.25, 0.3) is 0 Å². The van der Waals surface area contributed by atoms with Crippen LogP contribution in [0.4, 0.5) is 0 Å². The third-order valence-electron chi connectivity index (χ3n) is 3.06. The van der Waals surface area contributed by atoms with E-state index in [1.165, 1.54) is 19.2 Å². The summed E-state index contributed by atoms with van der Waals surface area (Å²) in [5.41, 5.74) is -0.146. The zero-order valence-electron chi connectivity index (χ0n) is 13.3. The molecule has 7 nitrogen and oxygen atoms in total. The summed E-state index contributed by atoms with van der Waals surface area (Å²) >= 11 is 0. The topological polar surface area (TPSA) is 110 Å². The molecule has 23 heavy (non-hydrogen) atoms. The highest BCUT2D eigenvalue weighted by molar-refractivity contribution is 7.89. The molecule has 128 valence electrons. The highest BCUT2D eigenvalue weighted by Gasteiger charge is 2.29. The third kappa shape index (κ3) is 6.79. The van der Waals surface area contributed by atoms with Gasteiger partial charge in [-0.25, -0.2) is 8.42 Å². The Kier molecular flexibility index (Phi) is 6.28. The zero-order valence-corrected chi connectivity index (χ0v) is 14.1. The fraction of sp³-hybridized carbons (Fsp3) is 0.467. The first-order valence-electron chi connectivity index (χ1n) is 6.84. The van der Waals surface area contributed by atoms with Gasteiger partial charge in [-0.05, 0) is 24.6 Å². The van der Waals surface area contributed by atoms with Crippen LogP contribution in [0.2, 0.25) is 0 Å². The van der Waals surface area contributed by atoms with Crippen LogP contribution in [-0.2, 0) is 25.1 Å². The van der Waals surface area contributed by atoms with Crippen molar-refractivity contribution in [1.29, 1.82) is 0 Å². The van der Waals surface area contributed by atoms with Crippen molar-refractivity contribution in [2.75, 3.05) is 20.0 Å². The van der Waals surface area contributed by atoms with Gasteiger partial charge in [0.1, 0.15) is 0 Å². The first-order valence-corrected chi connectivity index (χ1v) is 8.91. The molecule has 0 aliphatic rings. The fourth-order valence-electron chi connectivity index (χ4n) is 2.19. The highest BCUT2D eigenvalue weighted by atomic mass is 32.2. The molecule has 1 unspecified atom stereocenters. The number of carbonyl (C=O) groups is 2. The summed E-state index contributed by atoms with van der Waals surface area (Å²) in [6.07, 6.45) is 0.856. The van der Waals surface area contributed by atoms with Gasteiger partial charge >= 0.3 is 5.97 Å². The van der Waals surface area contributed by atoms with Crippen molar-refractivity contribution in [3.63, 3.8) is 0 Å². The molecule has 1 aromatic rings. The van der Waals surface area contributed by atoms with Gasteiger partial charge in [0.25, 0.3) is 5.91 Å². The average Bonchev–Trinajstić information content (AvgIpc) is 2.36. The molecule has 1 atom stereocenters. The molecular formula is C15H21NO6S. The van der Waals surface area contributed by atoms with Gasteiger partial charge in [-0.1, -0.05) is 12.1 Å². The summed E-state index contributed by atoms with van der Waals surface area (Å²) in [6, 6.07) is 6.12. The van der Waals surface area contributed by atoms with Crippen LogP contribution in [0.3, 0.4) is 0 Å². The molecule has 0 bridgehead atoms. The van der Waals surface area contributed by atoms with Crippen LogP contribution in [0.15, 0.2) is 24.3 Å². The Hall–Kier alpha value is -1.93. The molecule has 0 spiro atoms. The van der Waals surface area contributed by atoms with Crippen molar-refractivity contribution in [3.8, 4) is 0 Å². The summed E-state index contributed by atoms with van der Waals surface area (Å²) in [5, 5.41) is 11.6. The summed E-state index contributed by atoms with van der Waals surface area (Å²) in [5.74, 6) is -1.60. The van der Waals surface area contributed by atoms with Crippen molar-refractivity contribution < 1.29 is 27.9 Å². The summed E-state index contributed by atoms with van der Waals surface area (Å²) in [6.45, 7) is 1.64. The number of aliphatic carboxylic acids is 1. The number of carboxylic acid groups (broad SMARTS) is 1. The molecule has 0 fully saturated rings. The van der Waals surface area contributed by atoms with E-state index in [1.54, 1.807) is 19.1 Å². The van der Waals surface area contributed by atoms with E-state index in [-0.39, 0.29) is 18.8 Å². The molecule has 0 heterocycles. The van der Waals surface area contributed by atoms with E-state index in [4.69, 9.17) is 9.84 Å². The molecule has 0 aliphatic carbocycles. The van der Waals surface area contributed by atoms with Crippen LogP contribution >= 0.6 is 0 Å². The van der Waals surface area contributed by atoms with E-state index >= 15 is 0 Å². The summed E-state index contributed by atoms with van der Waals surface area (Å²) in [4.78, 5) is 23.2. The van der Waals surface area contributed by atoms with Crippen LogP contribution in [-0.4, -0.2) is 50.9 Å². The van der Waals surface area contributed by atoms with Crippen LogP contribution in [0.1, 0.15) is 29.3 Å². The van der Waals surface area contributed by atoms with Crippen LogP contribution < -0.4 is 5.32 Å². The Balaban J connectivity index is 2.85. The molecular weight excluding hydrogens is 322 g/mol. The van der Waals surface area contributed by atoms with Crippen molar-refractivity contribution in [2.45, 2.75) is 24.6 Å². The Labute approximate surface area is 135 Å². The number of carbonyl (C=O) groups excluding carboxylic acids is 1. The first-order chi connectivity index (χ1) is 10.5. The third-order valence-corrected chi connectivity index (χ3v) is 3.92. The lowest BCUT2D eigenvalue weighted by molar-refractivity contribution is -0.139. The minimum absolute atomic E-state index is 0.0528. The van der Waals surface area contributed by atoms with Gasteiger partial charge in [-0.2, -0.15) is 0 Å². The van der Waals surface area contributed by atoms with Gasteiger partial charge in [-0.15, -0.1) is 0 Å². The number of methoxy groups -OCH3 is 1. The number of carboxylic acids is 1. The second-order valence-electron chi connectivity index (χ2n) is 5.79. The van der Waals surface area contributed by atoms with E-state index in [0.29, 0.717) is 11.1 Å². The predicted molar refractivity (Wildman–Crippen MR) is 85.0 cm³/mol. The van der Waals surface area contributed by atoms with E-state index in [0.717, 1.165) is 6.26 Å². The standard InChI is InChI=1S/C15H21NO6S/c1-15(10-22-2,8-13(17)18)16-14(19)12-6-4-11(5-7-12)9-23(3,20)21/h4-7H,8-10H2,1-3H3,(H,16,19)(H,17,18). The quantitative estimate of drug-likeness (QED) is 0.724. The maximum atomic E-state index is 12.2. The number of hydrogen-bond donors (Lipinski definition) is 2. The molecule has 0 saturated carbocycles. The second-order valence-corrected chi connectivity index (χ2v) is 7.93. The van der Waals surface area contributed by atoms with Gasteiger partial charge in [-0.3, -0.25) is 9.59 Å². The van der Waals surface area contributed by atoms with Crippen LogP contribution in [0, 0.1) is 0 Å². The van der Waals surface area contributed by atoms with E-state index in [2.05, 4.69) is 5.32 Å². The van der Waals surface area contributed by atoms with Crippen molar-refractivity contribution in [1.82, 2.24) is 5.32 Å². The molecule has 8 heteroatoms. The molecule has 1 amide bonds. The minimum Gasteiger partial charge on any atom is -0.481 e. The first kappa shape index (κ1) is 19.1. The lowest BCUT2D eigenvalue weighted by Crippen LogP contribution is -2.50. The molecule has 2 N–H and O–H groups in total. The van der Waals surface area contributed by atoms with E-state index in [9.17, 15) is 18.0 Å². The minimum atomic E-state index is -3.14. The second kappa shape index (κ2) is 7.56. The maximum Gasteiger partial charge on any atom is 0.305 e. The normalized spacial score (nSPS) is 14.0. The Morgan fingerprint density at radius 2 is 1.83 bits per heavy atom. The van der Waals surface area contributed by atoms with Crippen LogP contribution in [0.5, 0.6) is 0 Å². The lowest BCUT2D eigenvalue weighted by atomic mass is 9.98. The average molecular weight is 343 g/mol. The van der Waals surface area contributed by atoms with Gasteiger partial charge in [0.05, 0.1) is 24.3 Å². The number of rotatable bonds is 8. The summed E-state index contributed by atoms with van der Waals surface area (Å²) < 4.78 is 27.4. The SMILES string of the molecule is COCC(C)(CC(=O)O)NC(=O)c1ccc(CS(C)(=O)=O)cc1. The Morgan fingerprint density at radius 1 is 1.26 bits per heavy atom. The van der Waals surface area contributed by atoms with E-state index in [1.807, 2.05) is 0 Å². The molecule has 0 saturated heterocycles. The monoisotopic (exact) mass is 343 g/mol. The van der Waals surface area contributed by atoms with E-state index < -0.39 is 27.3 Å². The van der Waals surface area contributed by atoms with Gasteiger partial charge in [0.2, 0.25) is 0 Å². The molecule has 0 radical (unpaired) electrons. The van der Waals surface area contributed by atoms with Gasteiger partial charge in [0.15, 0.2) is 9.84 Å². The molecule has 0 aliphatic heterocycles. The molecule has 0 aromatic heterocycles. The number of ether oxygens (including phenoxy) is 1. The van der Waals surface area contributed by atoms with Crippen molar-refractivity contribution in [2.24, 2.45) is 0 Å². The lowest BCUT2D eigenvalue weighted by Gasteiger charge is -2.28. The smallest absolute Gasteiger partial charge is 0.305 e. The van der Waals surface area contributed by atoms with Gasteiger partial charge < -0.3 is 15.2 Å². The number of sulfone groups is 1. The van der Waals surface area contributed by atoms with Crippen molar-refractivity contribution >= 4 is 21.7 Å². The number of hydrogen-bond acceptors (Lipinski definition) is 5. The fourth-order valence-corrected chi connectivity index (χ4v) is 2.98. The zero-order chi connectivity index (χ0) is 17.7. The highest BCUT2D eigenvalue weighted by Crippen LogP contribution is 2.13. The molecule has 1 aromatic carbocycles. The summed E-state index contributed by atoms with van der Waals surface area (Å²) in [7, 11) is -1.72.